The van der Waals surface area contributed by atoms with E-state index < -0.39 is 4.92 Å². The monoisotopic (exact) mass is 336 g/mol. The first-order chi connectivity index (χ1) is 10.5. The number of carbonyl (C=O) groups is 1. The van der Waals surface area contributed by atoms with E-state index in [9.17, 15) is 14.9 Å². The lowest BCUT2D eigenvalue weighted by Crippen LogP contribution is -2.12. The van der Waals surface area contributed by atoms with Crippen LogP contribution in [0.25, 0.3) is 0 Å². The van der Waals surface area contributed by atoms with Crippen molar-refractivity contribution < 1.29 is 9.72 Å². The molecule has 0 saturated heterocycles. The predicted octanol–water partition coefficient (Wildman–Crippen LogP) is 4.37. The molecule has 2 rings (SSSR count). The minimum absolute atomic E-state index is 0.0478. The number of nitro groups is 1. The summed E-state index contributed by atoms with van der Waals surface area (Å²) in [6.07, 6.45) is 0.315. The zero-order valence-corrected chi connectivity index (χ0v) is 13.1. The van der Waals surface area contributed by atoms with E-state index in [0.29, 0.717) is 22.9 Å². The van der Waals surface area contributed by atoms with Gasteiger partial charge in [-0.15, -0.1) is 11.8 Å². The Kier molecular flexibility index (Phi) is 5.80. The first-order valence-corrected chi connectivity index (χ1v) is 7.83. The van der Waals surface area contributed by atoms with Gasteiger partial charge in [0, 0.05) is 39.9 Å². The fourth-order valence-corrected chi connectivity index (χ4v) is 2.69. The van der Waals surface area contributed by atoms with Crippen molar-refractivity contribution >= 4 is 40.6 Å². The number of anilines is 1. The van der Waals surface area contributed by atoms with Crippen LogP contribution < -0.4 is 5.32 Å². The lowest BCUT2D eigenvalue weighted by molar-refractivity contribution is -0.384. The molecule has 22 heavy (non-hydrogen) atoms. The van der Waals surface area contributed by atoms with Crippen LogP contribution in [0.3, 0.4) is 0 Å². The highest BCUT2D eigenvalue weighted by molar-refractivity contribution is 7.99. The van der Waals surface area contributed by atoms with Crippen LogP contribution in [0, 0.1) is 10.1 Å². The van der Waals surface area contributed by atoms with Crippen molar-refractivity contribution in [2.45, 2.75) is 11.3 Å². The van der Waals surface area contributed by atoms with E-state index >= 15 is 0 Å². The van der Waals surface area contributed by atoms with E-state index in [1.54, 1.807) is 30.0 Å². The van der Waals surface area contributed by atoms with E-state index in [4.69, 9.17) is 11.6 Å². The number of thioether (sulfide) groups is 1. The highest BCUT2D eigenvalue weighted by Gasteiger charge is 2.08. The van der Waals surface area contributed by atoms with Crippen LogP contribution in [-0.4, -0.2) is 16.6 Å². The van der Waals surface area contributed by atoms with Crippen LogP contribution in [0.1, 0.15) is 6.42 Å². The summed E-state index contributed by atoms with van der Waals surface area (Å²) in [6, 6.07) is 13.3. The molecule has 0 spiro atoms. The summed E-state index contributed by atoms with van der Waals surface area (Å²) in [6.45, 7) is 0. The first-order valence-electron chi connectivity index (χ1n) is 6.47. The number of nitrogens with one attached hydrogen (secondary N) is 1. The van der Waals surface area contributed by atoms with Crippen molar-refractivity contribution in [2.24, 2.45) is 0 Å². The quantitative estimate of drug-likeness (QED) is 0.483. The molecular formula is C15H13ClN2O3S. The largest absolute Gasteiger partial charge is 0.326 e. The van der Waals surface area contributed by atoms with Crippen LogP contribution in [-0.2, 0) is 4.79 Å². The molecule has 7 heteroatoms. The Hall–Kier alpha value is -2.05. The van der Waals surface area contributed by atoms with Crippen molar-refractivity contribution in [3.63, 3.8) is 0 Å². The molecule has 2 aromatic rings. The summed E-state index contributed by atoms with van der Waals surface area (Å²) >= 11 is 7.35. The summed E-state index contributed by atoms with van der Waals surface area (Å²) in [5, 5.41) is 14.0. The minimum Gasteiger partial charge on any atom is -0.326 e. The molecule has 1 amide bonds. The average Bonchev–Trinajstić information content (AvgIpc) is 2.49. The van der Waals surface area contributed by atoms with Gasteiger partial charge in [0.2, 0.25) is 5.91 Å². The van der Waals surface area contributed by atoms with E-state index in [2.05, 4.69) is 5.32 Å². The number of benzene rings is 2. The Bertz CT molecular complexity index is 677. The molecule has 0 unspecified atom stereocenters. The highest BCUT2D eigenvalue weighted by atomic mass is 35.5. The number of amides is 1. The van der Waals surface area contributed by atoms with Gasteiger partial charge in [0.15, 0.2) is 0 Å². The number of carbonyl (C=O) groups excluding carboxylic acids is 1. The molecule has 0 bridgehead atoms. The molecule has 114 valence electrons. The Labute approximate surface area is 136 Å². The van der Waals surface area contributed by atoms with Gasteiger partial charge >= 0.3 is 0 Å². The normalized spacial score (nSPS) is 10.2. The smallest absolute Gasteiger partial charge is 0.271 e. The maximum atomic E-state index is 11.8. The number of rotatable bonds is 6. The molecule has 0 heterocycles. The third-order valence-electron chi connectivity index (χ3n) is 2.75. The van der Waals surface area contributed by atoms with Gasteiger partial charge < -0.3 is 5.32 Å². The first kappa shape index (κ1) is 16.3. The number of hydrogen-bond donors (Lipinski definition) is 1. The SMILES string of the molecule is O=C(CCSc1ccc(Cl)cc1)Nc1cccc([N+](=O)[O-])c1. The van der Waals surface area contributed by atoms with Crippen molar-refractivity contribution in [2.75, 3.05) is 11.1 Å². The van der Waals surface area contributed by atoms with Crippen LogP contribution in [0.2, 0.25) is 5.02 Å². The Morgan fingerprint density at radius 2 is 1.95 bits per heavy atom. The van der Waals surface area contributed by atoms with Crippen molar-refractivity contribution in [3.05, 3.63) is 63.7 Å². The maximum absolute atomic E-state index is 11.8. The van der Waals surface area contributed by atoms with Crippen LogP contribution in [0.5, 0.6) is 0 Å². The Morgan fingerprint density at radius 1 is 1.23 bits per heavy atom. The maximum Gasteiger partial charge on any atom is 0.271 e. The summed E-state index contributed by atoms with van der Waals surface area (Å²) < 4.78 is 0. The predicted molar refractivity (Wildman–Crippen MR) is 88.5 cm³/mol. The van der Waals surface area contributed by atoms with Gasteiger partial charge in [0.1, 0.15) is 0 Å². The van der Waals surface area contributed by atoms with Gasteiger partial charge in [-0.3, -0.25) is 14.9 Å². The number of nitro benzene ring substituents is 1. The van der Waals surface area contributed by atoms with Crippen LogP contribution in [0.4, 0.5) is 11.4 Å². The van der Waals surface area contributed by atoms with E-state index in [1.165, 1.54) is 18.2 Å². The molecular weight excluding hydrogens is 324 g/mol. The molecule has 0 aliphatic rings. The lowest BCUT2D eigenvalue weighted by atomic mass is 10.3. The molecule has 0 radical (unpaired) electrons. The minimum atomic E-state index is -0.494. The molecule has 0 saturated carbocycles. The second kappa shape index (κ2) is 7.82. The summed E-state index contributed by atoms with van der Waals surface area (Å²) in [4.78, 5) is 23.0. The second-order valence-electron chi connectivity index (χ2n) is 4.41. The van der Waals surface area contributed by atoms with E-state index in [-0.39, 0.29) is 11.6 Å². The van der Waals surface area contributed by atoms with Gasteiger partial charge in [-0.05, 0) is 30.3 Å². The Balaban J connectivity index is 1.81. The molecule has 2 aromatic carbocycles. The standard InChI is InChI=1S/C15H13ClN2O3S/c16-11-4-6-14(7-5-11)22-9-8-15(19)17-12-2-1-3-13(10-12)18(20)21/h1-7,10H,8-9H2,(H,17,19). The third kappa shape index (κ3) is 5.05. The van der Waals surface area contributed by atoms with Gasteiger partial charge in [-0.2, -0.15) is 0 Å². The zero-order valence-electron chi connectivity index (χ0n) is 11.5. The van der Waals surface area contributed by atoms with E-state index in [1.807, 2.05) is 12.1 Å². The van der Waals surface area contributed by atoms with Crippen molar-refractivity contribution in [1.82, 2.24) is 0 Å². The summed E-state index contributed by atoms with van der Waals surface area (Å²) in [5.74, 6) is 0.435. The molecule has 0 fully saturated rings. The number of halogens is 1. The number of non-ortho nitro benzene ring substituents is 1. The highest BCUT2D eigenvalue weighted by Crippen LogP contribution is 2.21. The van der Waals surface area contributed by atoms with Crippen molar-refractivity contribution in [3.8, 4) is 0 Å². The molecule has 0 atom stereocenters. The fourth-order valence-electron chi connectivity index (χ4n) is 1.71. The topological polar surface area (TPSA) is 72.2 Å². The van der Waals surface area contributed by atoms with Gasteiger partial charge in [0.25, 0.3) is 5.69 Å². The molecule has 0 aliphatic carbocycles. The molecule has 0 aliphatic heterocycles. The van der Waals surface area contributed by atoms with Gasteiger partial charge in [0.05, 0.1) is 4.92 Å². The summed E-state index contributed by atoms with van der Waals surface area (Å²) in [5.41, 5.74) is 0.379. The molecule has 5 nitrogen and oxygen atoms in total. The second-order valence-corrected chi connectivity index (χ2v) is 6.01. The van der Waals surface area contributed by atoms with Gasteiger partial charge in [-0.1, -0.05) is 17.7 Å². The molecule has 0 aromatic heterocycles. The van der Waals surface area contributed by atoms with E-state index in [0.717, 1.165) is 4.90 Å². The summed E-state index contributed by atoms with van der Waals surface area (Å²) in [7, 11) is 0. The van der Waals surface area contributed by atoms with Gasteiger partial charge in [-0.25, -0.2) is 0 Å². The number of hydrogen-bond acceptors (Lipinski definition) is 4. The average molecular weight is 337 g/mol. The fraction of sp³-hybridized carbons (Fsp3) is 0.133. The van der Waals surface area contributed by atoms with Crippen molar-refractivity contribution in [1.29, 1.82) is 0 Å². The number of nitrogens with zero attached hydrogens (tertiary/aromatic N) is 1. The zero-order chi connectivity index (χ0) is 15.9. The molecule has 1 N–H and O–H groups in total. The van der Waals surface area contributed by atoms with Crippen LogP contribution in [0.15, 0.2) is 53.4 Å². The van der Waals surface area contributed by atoms with Crippen LogP contribution >= 0.6 is 23.4 Å². The lowest BCUT2D eigenvalue weighted by Gasteiger charge is -2.05. The Morgan fingerprint density at radius 3 is 2.64 bits per heavy atom. The third-order valence-corrected chi connectivity index (χ3v) is 4.02.